The zero-order valence-corrected chi connectivity index (χ0v) is 15.6. The van der Waals surface area contributed by atoms with Crippen molar-refractivity contribution >= 4 is 5.97 Å². The molecule has 1 aliphatic rings. The quantitative estimate of drug-likeness (QED) is 0.618. The van der Waals surface area contributed by atoms with Crippen LogP contribution in [0.4, 0.5) is 0 Å². The summed E-state index contributed by atoms with van der Waals surface area (Å²) in [5, 5.41) is 4.17. The van der Waals surface area contributed by atoms with Crippen molar-refractivity contribution in [1.82, 2.24) is 14.7 Å². The molecule has 0 spiro atoms. The number of carbonyl (C=O) groups is 1. The van der Waals surface area contributed by atoms with Gasteiger partial charge in [-0.05, 0) is 35.9 Å². The first-order valence-electron chi connectivity index (χ1n) is 9.43. The highest BCUT2D eigenvalue weighted by Gasteiger charge is 2.22. The average molecular weight is 377 g/mol. The predicted molar refractivity (Wildman–Crippen MR) is 105 cm³/mol. The van der Waals surface area contributed by atoms with Gasteiger partial charge in [-0.2, -0.15) is 5.10 Å². The van der Waals surface area contributed by atoms with E-state index >= 15 is 0 Å². The Hall–Kier alpha value is -2.96. The van der Waals surface area contributed by atoms with Crippen molar-refractivity contribution in [3.8, 4) is 5.69 Å². The van der Waals surface area contributed by atoms with Crippen molar-refractivity contribution in [3.63, 3.8) is 0 Å². The Balaban J connectivity index is 1.28. The molecule has 1 aliphatic heterocycles. The summed E-state index contributed by atoms with van der Waals surface area (Å²) in [6.07, 6.45) is 3.47. The van der Waals surface area contributed by atoms with E-state index in [1.54, 1.807) is 23.0 Å². The molecule has 0 amide bonds. The molecule has 1 unspecified atom stereocenters. The molecule has 2 aromatic carbocycles. The summed E-state index contributed by atoms with van der Waals surface area (Å²) in [5.41, 5.74) is 2.69. The molecule has 3 aromatic rings. The topological polar surface area (TPSA) is 56.6 Å². The van der Waals surface area contributed by atoms with Crippen LogP contribution in [-0.4, -0.2) is 53.1 Å². The van der Waals surface area contributed by atoms with E-state index in [-0.39, 0.29) is 18.7 Å². The summed E-state index contributed by atoms with van der Waals surface area (Å²) in [6.45, 7) is 3.41. The van der Waals surface area contributed by atoms with Crippen LogP contribution < -0.4 is 0 Å². The minimum absolute atomic E-state index is 0.107. The SMILES string of the molecule is O=C(OCC1CN(Cc2ccccc2)CCO1)c1ccc(-n2cccn2)cc1. The van der Waals surface area contributed by atoms with Gasteiger partial charge in [-0.25, -0.2) is 9.48 Å². The fourth-order valence-corrected chi connectivity index (χ4v) is 3.29. The van der Waals surface area contributed by atoms with Crippen LogP contribution >= 0.6 is 0 Å². The average Bonchev–Trinajstić information content (AvgIpc) is 3.28. The largest absolute Gasteiger partial charge is 0.459 e. The molecule has 0 bridgehead atoms. The normalized spacial score (nSPS) is 17.4. The van der Waals surface area contributed by atoms with Gasteiger partial charge in [0.05, 0.1) is 17.9 Å². The third-order valence-corrected chi connectivity index (χ3v) is 4.74. The van der Waals surface area contributed by atoms with Crippen molar-refractivity contribution in [2.24, 2.45) is 0 Å². The number of carbonyl (C=O) groups excluding carboxylic acids is 1. The minimum atomic E-state index is -0.337. The number of aromatic nitrogens is 2. The van der Waals surface area contributed by atoms with E-state index in [0.717, 1.165) is 25.3 Å². The van der Waals surface area contributed by atoms with E-state index in [1.807, 2.05) is 42.6 Å². The Kier molecular flexibility index (Phi) is 5.80. The summed E-state index contributed by atoms with van der Waals surface area (Å²) in [4.78, 5) is 14.7. The lowest BCUT2D eigenvalue weighted by atomic mass is 10.2. The lowest BCUT2D eigenvalue weighted by Crippen LogP contribution is -2.44. The van der Waals surface area contributed by atoms with Gasteiger partial charge in [-0.15, -0.1) is 0 Å². The van der Waals surface area contributed by atoms with Crippen LogP contribution in [0.3, 0.4) is 0 Å². The molecule has 1 aromatic heterocycles. The molecule has 28 heavy (non-hydrogen) atoms. The molecular weight excluding hydrogens is 354 g/mol. The van der Waals surface area contributed by atoms with Crippen LogP contribution in [0.15, 0.2) is 73.1 Å². The summed E-state index contributed by atoms with van der Waals surface area (Å²) < 4.78 is 13.0. The predicted octanol–water partition coefficient (Wildman–Crippen LogP) is 2.93. The van der Waals surface area contributed by atoms with Crippen molar-refractivity contribution in [2.45, 2.75) is 12.6 Å². The van der Waals surface area contributed by atoms with Crippen molar-refractivity contribution in [3.05, 3.63) is 84.2 Å². The second-order valence-corrected chi connectivity index (χ2v) is 6.81. The standard InChI is InChI=1S/C22H23N3O3/c26-22(19-7-9-20(10-8-19)25-12-4-11-23-25)28-17-21-16-24(13-14-27-21)15-18-5-2-1-3-6-18/h1-12,21H,13-17H2. The fraction of sp³-hybridized carbons (Fsp3) is 0.273. The monoisotopic (exact) mass is 377 g/mol. The zero-order chi connectivity index (χ0) is 19.2. The van der Waals surface area contributed by atoms with Gasteiger partial charge < -0.3 is 9.47 Å². The molecule has 1 saturated heterocycles. The maximum absolute atomic E-state index is 12.3. The molecule has 4 rings (SSSR count). The first kappa shape index (κ1) is 18.4. The van der Waals surface area contributed by atoms with Gasteiger partial charge in [0.2, 0.25) is 0 Å². The molecule has 144 valence electrons. The third-order valence-electron chi connectivity index (χ3n) is 4.74. The van der Waals surface area contributed by atoms with Crippen molar-refractivity contribution in [2.75, 3.05) is 26.3 Å². The number of esters is 1. The smallest absolute Gasteiger partial charge is 0.338 e. The Morgan fingerprint density at radius 3 is 2.68 bits per heavy atom. The van der Waals surface area contributed by atoms with Crippen LogP contribution in [0.1, 0.15) is 15.9 Å². The number of hydrogen-bond acceptors (Lipinski definition) is 5. The van der Waals surface area contributed by atoms with E-state index in [4.69, 9.17) is 9.47 Å². The van der Waals surface area contributed by atoms with Crippen LogP contribution in [0.5, 0.6) is 0 Å². The first-order chi connectivity index (χ1) is 13.8. The highest BCUT2D eigenvalue weighted by molar-refractivity contribution is 5.89. The maximum Gasteiger partial charge on any atom is 0.338 e. The number of rotatable bonds is 6. The molecule has 1 atom stereocenters. The van der Waals surface area contributed by atoms with Gasteiger partial charge in [-0.1, -0.05) is 30.3 Å². The summed E-state index contributed by atoms with van der Waals surface area (Å²) in [5.74, 6) is -0.337. The Morgan fingerprint density at radius 1 is 1.11 bits per heavy atom. The van der Waals surface area contributed by atoms with Gasteiger partial charge in [0.25, 0.3) is 0 Å². The molecule has 1 fully saturated rings. The van der Waals surface area contributed by atoms with Crippen LogP contribution in [0.25, 0.3) is 5.69 Å². The molecule has 6 nitrogen and oxygen atoms in total. The molecule has 0 aliphatic carbocycles. The number of ether oxygens (including phenoxy) is 2. The van der Waals surface area contributed by atoms with Crippen molar-refractivity contribution in [1.29, 1.82) is 0 Å². The van der Waals surface area contributed by atoms with Gasteiger partial charge in [-0.3, -0.25) is 4.90 Å². The highest BCUT2D eigenvalue weighted by atomic mass is 16.6. The van der Waals surface area contributed by atoms with Gasteiger partial charge >= 0.3 is 5.97 Å². The molecular formula is C22H23N3O3. The second-order valence-electron chi connectivity index (χ2n) is 6.81. The van der Waals surface area contributed by atoms with E-state index in [1.165, 1.54) is 5.56 Å². The summed E-state index contributed by atoms with van der Waals surface area (Å²) in [7, 11) is 0. The number of hydrogen-bond donors (Lipinski definition) is 0. The van der Waals surface area contributed by atoms with E-state index in [2.05, 4.69) is 22.1 Å². The highest BCUT2D eigenvalue weighted by Crippen LogP contribution is 2.13. The lowest BCUT2D eigenvalue weighted by Gasteiger charge is -2.32. The van der Waals surface area contributed by atoms with Crippen LogP contribution in [0, 0.1) is 0 Å². The second kappa shape index (κ2) is 8.82. The molecule has 0 N–H and O–H groups in total. The fourth-order valence-electron chi connectivity index (χ4n) is 3.29. The number of benzene rings is 2. The molecule has 2 heterocycles. The minimum Gasteiger partial charge on any atom is -0.459 e. The Morgan fingerprint density at radius 2 is 1.93 bits per heavy atom. The number of morpholine rings is 1. The van der Waals surface area contributed by atoms with E-state index in [9.17, 15) is 4.79 Å². The number of nitrogens with zero attached hydrogens (tertiary/aromatic N) is 3. The molecule has 0 saturated carbocycles. The van der Waals surface area contributed by atoms with Gasteiger partial charge in [0.15, 0.2) is 0 Å². The lowest BCUT2D eigenvalue weighted by molar-refractivity contribution is -0.0612. The maximum atomic E-state index is 12.3. The van der Waals surface area contributed by atoms with Gasteiger partial charge in [0.1, 0.15) is 12.7 Å². The van der Waals surface area contributed by atoms with E-state index in [0.29, 0.717) is 12.2 Å². The van der Waals surface area contributed by atoms with Crippen LogP contribution in [-0.2, 0) is 16.0 Å². The van der Waals surface area contributed by atoms with E-state index < -0.39 is 0 Å². The van der Waals surface area contributed by atoms with Gasteiger partial charge in [0, 0.05) is 32.0 Å². The van der Waals surface area contributed by atoms with Crippen molar-refractivity contribution < 1.29 is 14.3 Å². The summed E-state index contributed by atoms with van der Waals surface area (Å²) >= 11 is 0. The Bertz CT molecular complexity index is 879. The third kappa shape index (κ3) is 4.65. The summed E-state index contributed by atoms with van der Waals surface area (Å²) in [6, 6.07) is 19.4. The zero-order valence-electron chi connectivity index (χ0n) is 15.6. The molecule has 0 radical (unpaired) electrons. The first-order valence-corrected chi connectivity index (χ1v) is 9.43. The molecule has 6 heteroatoms. The van der Waals surface area contributed by atoms with Crippen LogP contribution in [0.2, 0.25) is 0 Å². The Labute approximate surface area is 164 Å².